The highest BCUT2D eigenvalue weighted by atomic mass is 19.3. The first-order chi connectivity index (χ1) is 17.0. The molecule has 0 spiro atoms. The van der Waals surface area contributed by atoms with E-state index in [0.29, 0.717) is 18.4 Å². The maximum Gasteiger partial charge on any atom is 0.287 e. The van der Waals surface area contributed by atoms with Crippen molar-refractivity contribution in [3.8, 4) is 5.75 Å². The van der Waals surface area contributed by atoms with Crippen molar-refractivity contribution in [2.45, 2.75) is 42.7 Å². The third-order valence-electron chi connectivity index (χ3n) is 7.65. The maximum atomic E-state index is 16.2. The summed E-state index contributed by atoms with van der Waals surface area (Å²) in [6.45, 7) is 0.515. The van der Waals surface area contributed by atoms with Crippen LogP contribution in [-0.2, 0) is 17.6 Å². The van der Waals surface area contributed by atoms with Gasteiger partial charge in [-0.1, -0.05) is 12.1 Å². The molecule has 6 rings (SSSR count). The van der Waals surface area contributed by atoms with E-state index in [-0.39, 0.29) is 19.3 Å². The van der Waals surface area contributed by atoms with Gasteiger partial charge in [0, 0.05) is 23.6 Å². The van der Waals surface area contributed by atoms with Crippen molar-refractivity contribution in [1.29, 1.82) is 0 Å². The van der Waals surface area contributed by atoms with Crippen LogP contribution < -0.4 is 4.74 Å². The third-order valence-corrected chi connectivity index (χ3v) is 7.65. The lowest BCUT2D eigenvalue weighted by Crippen LogP contribution is -2.76. The average Bonchev–Trinajstić information content (AvgIpc) is 3.25. The van der Waals surface area contributed by atoms with Crippen LogP contribution in [0.2, 0.25) is 0 Å². The van der Waals surface area contributed by atoms with Crippen LogP contribution in [0.3, 0.4) is 0 Å². The molecule has 1 heterocycles. The summed E-state index contributed by atoms with van der Waals surface area (Å²) in [4.78, 5) is 2.01. The zero-order valence-electron chi connectivity index (χ0n) is 20.0. The SMILES string of the molecule is CN(C)CCOc1ccc(C23CC(C(F)(F)[C@](O)(Cn4cnnn4)c4ccc(F)cc4F)(C2)C3)cc1. The molecule has 1 aromatic heterocycles. The van der Waals surface area contributed by atoms with Crippen molar-refractivity contribution in [1.82, 2.24) is 25.1 Å². The molecule has 3 aliphatic carbocycles. The molecule has 3 fully saturated rings. The van der Waals surface area contributed by atoms with Crippen LogP contribution in [0.4, 0.5) is 17.6 Å². The predicted molar refractivity (Wildman–Crippen MR) is 121 cm³/mol. The van der Waals surface area contributed by atoms with Gasteiger partial charge in [0.2, 0.25) is 0 Å². The van der Waals surface area contributed by atoms with Gasteiger partial charge in [0.1, 0.15) is 30.3 Å². The maximum absolute atomic E-state index is 16.2. The fourth-order valence-corrected chi connectivity index (χ4v) is 5.78. The molecule has 3 saturated carbocycles. The quantitative estimate of drug-likeness (QED) is 0.425. The summed E-state index contributed by atoms with van der Waals surface area (Å²) in [6, 6.07) is 9.64. The second kappa shape index (κ2) is 8.52. The van der Waals surface area contributed by atoms with E-state index in [0.717, 1.165) is 35.3 Å². The van der Waals surface area contributed by atoms with Crippen molar-refractivity contribution in [2.24, 2.45) is 5.41 Å². The Balaban J connectivity index is 1.37. The zero-order chi connectivity index (χ0) is 25.8. The van der Waals surface area contributed by atoms with E-state index >= 15 is 8.78 Å². The fourth-order valence-electron chi connectivity index (χ4n) is 5.78. The van der Waals surface area contributed by atoms with Crippen LogP contribution in [0.1, 0.15) is 30.4 Å². The van der Waals surface area contributed by atoms with E-state index in [1.165, 1.54) is 0 Å². The summed E-state index contributed by atoms with van der Waals surface area (Å²) in [5.41, 5.74) is -4.71. The van der Waals surface area contributed by atoms with Crippen LogP contribution in [0.15, 0.2) is 48.8 Å². The molecule has 2 bridgehead atoms. The standard InChI is InChI=1S/C25H27F4N5O2/c1-33(2)9-10-36-19-6-3-17(4-7-19)22-12-23(13-22,14-22)25(28,29)24(35,15-34-16-30-31-32-34)20-8-5-18(26)11-21(20)27/h3-8,11,16,35H,9-10,12-15H2,1-2H3/t22?,23?,24-/m0/s1. The molecule has 192 valence electrons. The first-order valence-electron chi connectivity index (χ1n) is 11.6. The molecule has 36 heavy (non-hydrogen) atoms. The third kappa shape index (κ3) is 3.76. The zero-order valence-corrected chi connectivity index (χ0v) is 20.0. The molecule has 1 atom stereocenters. The van der Waals surface area contributed by atoms with Crippen LogP contribution in [-0.4, -0.2) is 63.4 Å². The molecule has 0 radical (unpaired) electrons. The number of aliphatic hydroxyl groups is 1. The molecule has 3 aromatic rings. The van der Waals surface area contributed by atoms with Crippen molar-refractivity contribution < 1.29 is 27.4 Å². The Morgan fingerprint density at radius 2 is 1.78 bits per heavy atom. The van der Waals surface area contributed by atoms with Gasteiger partial charge in [0.15, 0.2) is 5.60 Å². The molecule has 0 saturated heterocycles. The number of tetrazole rings is 1. The molecule has 0 amide bonds. The highest BCUT2D eigenvalue weighted by molar-refractivity contribution is 5.44. The second-order valence-corrected chi connectivity index (χ2v) is 10.3. The van der Waals surface area contributed by atoms with Crippen molar-refractivity contribution in [3.05, 3.63) is 71.6 Å². The van der Waals surface area contributed by atoms with Crippen LogP contribution >= 0.6 is 0 Å². The number of ether oxygens (including phenoxy) is 1. The van der Waals surface area contributed by atoms with Gasteiger partial charge in [0.25, 0.3) is 5.92 Å². The van der Waals surface area contributed by atoms with Crippen LogP contribution in [0.25, 0.3) is 0 Å². The normalized spacial score (nSPS) is 24.7. The lowest BCUT2D eigenvalue weighted by Gasteiger charge is -2.74. The molecule has 0 unspecified atom stereocenters. The van der Waals surface area contributed by atoms with Crippen molar-refractivity contribution in [2.75, 3.05) is 27.2 Å². The van der Waals surface area contributed by atoms with Crippen molar-refractivity contribution >= 4 is 0 Å². The minimum absolute atomic E-state index is 0.133. The Bertz CT molecular complexity index is 1220. The van der Waals surface area contributed by atoms with Gasteiger partial charge in [-0.05, 0) is 79.0 Å². The molecular formula is C25H27F4N5O2. The van der Waals surface area contributed by atoms with Gasteiger partial charge < -0.3 is 14.7 Å². The number of alkyl halides is 2. The van der Waals surface area contributed by atoms with E-state index < -0.39 is 46.1 Å². The number of halogens is 4. The number of nitrogens with zero attached hydrogens (tertiary/aromatic N) is 5. The Kier molecular flexibility index (Phi) is 5.83. The van der Waals surface area contributed by atoms with E-state index in [1.807, 2.05) is 43.3 Å². The Morgan fingerprint density at radius 1 is 1.08 bits per heavy atom. The van der Waals surface area contributed by atoms with Gasteiger partial charge in [0.05, 0.1) is 6.54 Å². The molecule has 1 N–H and O–H groups in total. The first-order valence-corrected chi connectivity index (χ1v) is 11.6. The summed E-state index contributed by atoms with van der Waals surface area (Å²) in [5, 5.41) is 21.9. The predicted octanol–water partition coefficient (Wildman–Crippen LogP) is 3.54. The highest BCUT2D eigenvalue weighted by Gasteiger charge is 2.82. The molecule has 3 aliphatic rings. The second-order valence-electron chi connectivity index (χ2n) is 10.3. The summed E-state index contributed by atoms with van der Waals surface area (Å²) in [6.07, 6.45) is 1.46. The molecule has 11 heteroatoms. The molecule has 0 aliphatic heterocycles. The Labute approximate surface area is 205 Å². The first kappa shape index (κ1) is 24.6. The van der Waals surface area contributed by atoms with E-state index in [4.69, 9.17) is 4.74 Å². The van der Waals surface area contributed by atoms with Gasteiger partial charge >= 0.3 is 0 Å². The Hall–Kier alpha value is -3.05. The van der Waals surface area contributed by atoms with Crippen LogP contribution in [0, 0.1) is 17.0 Å². The van der Waals surface area contributed by atoms with Gasteiger partial charge in [-0.15, -0.1) is 5.10 Å². The average molecular weight is 506 g/mol. The van der Waals surface area contributed by atoms with E-state index in [1.54, 1.807) is 0 Å². The van der Waals surface area contributed by atoms with E-state index in [9.17, 15) is 13.9 Å². The summed E-state index contributed by atoms with van der Waals surface area (Å²) in [7, 11) is 3.91. The number of rotatable bonds is 10. The van der Waals surface area contributed by atoms with E-state index in [2.05, 4.69) is 15.5 Å². The summed E-state index contributed by atoms with van der Waals surface area (Å²) < 4.78 is 67.4. The van der Waals surface area contributed by atoms with Gasteiger partial charge in [-0.2, -0.15) is 0 Å². The van der Waals surface area contributed by atoms with Crippen LogP contribution in [0.5, 0.6) is 5.75 Å². The summed E-state index contributed by atoms with van der Waals surface area (Å²) in [5.74, 6) is -5.23. The molecule has 2 aromatic carbocycles. The van der Waals surface area contributed by atoms with Gasteiger partial charge in [-0.3, -0.25) is 0 Å². The van der Waals surface area contributed by atoms with Crippen molar-refractivity contribution in [3.63, 3.8) is 0 Å². The number of benzene rings is 2. The largest absolute Gasteiger partial charge is 0.492 e. The summed E-state index contributed by atoms with van der Waals surface area (Å²) >= 11 is 0. The fraction of sp³-hybridized carbons (Fsp3) is 0.480. The monoisotopic (exact) mass is 505 g/mol. The van der Waals surface area contributed by atoms with Gasteiger partial charge in [-0.25, -0.2) is 22.2 Å². The minimum atomic E-state index is -3.75. The number of hydrogen-bond donors (Lipinski definition) is 1. The number of likely N-dealkylation sites (N-methyl/N-ethyl adjacent to an activating group) is 1. The molecular weight excluding hydrogens is 478 g/mol. The topological polar surface area (TPSA) is 76.3 Å². The smallest absolute Gasteiger partial charge is 0.287 e. The number of aromatic nitrogens is 4. The minimum Gasteiger partial charge on any atom is -0.492 e. The Morgan fingerprint density at radius 3 is 2.36 bits per heavy atom. The highest BCUT2D eigenvalue weighted by Crippen LogP contribution is 2.80. The lowest BCUT2D eigenvalue weighted by molar-refractivity contribution is -0.347. The lowest BCUT2D eigenvalue weighted by atomic mass is 9.30. The molecule has 7 nitrogen and oxygen atoms in total. The number of hydrogen-bond acceptors (Lipinski definition) is 6.